The van der Waals surface area contributed by atoms with Crippen LogP contribution in [0, 0.1) is 11.8 Å². The lowest BCUT2D eigenvalue weighted by Gasteiger charge is -2.26. The van der Waals surface area contributed by atoms with Crippen molar-refractivity contribution >= 4 is 35.0 Å². The Morgan fingerprint density at radius 1 is 0.677 bits per heavy atom. The largest absolute Gasteiger partial charge is 0.486 e. The van der Waals surface area contributed by atoms with E-state index in [1.807, 2.05) is 84.9 Å². The van der Waals surface area contributed by atoms with Crippen LogP contribution < -0.4 is 20.7 Å². The van der Waals surface area contributed by atoms with Crippen molar-refractivity contribution in [1.82, 2.24) is 20.9 Å². The average Bonchev–Trinajstić information content (AvgIpc) is 3.83. The van der Waals surface area contributed by atoms with Gasteiger partial charge in [-0.15, -0.1) is 5.10 Å². The number of nitrogens with zero attached hydrogens (tertiary/aromatic N) is 4. The Kier molecular flexibility index (Phi) is 14.8. The molecule has 0 saturated heterocycles. The van der Waals surface area contributed by atoms with Gasteiger partial charge in [0.15, 0.2) is 11.6 Å². The maximum atomic E-state index is 14.6. The molecule has 1 aromatic heterocycles. The molecule has 62 heavy (non-hydrogen) atoms. The molecule has 8 rings (SSSR count). The Hall–Kier alpha value is -7.15. The summed E-state index contributed by atoms with van der Waals surface area (Å²) in [7, 11) is 0. The summed E-state index contributed by atoms with van der Waals surface area (Å²) < 4.78 is 5.87. The molecule has 3 aliphatic heterocycles. The van der Waals surface area contributed by atoms with Crippen LogP contribution >= 0.6 is 0 Å². The van der Waals surface area contributed by atoms with Crippen molar-refractivity contribution in [3.63, 3.8) is 0 Å². The van der Waals surface area contributed by atoms with Crippen molar-refractivity contribution in [2.75, 3.05) is 19.7 Å². The second kappa shape index (κ2) is 21.4. The van der Waals surface area contributed by atoms with E-state index in [1.54, 1.807) is 48.8 Å². The molecule has 3 amide bonds. The fourth-order valence-electron chi connectivity index (χ4n) is 7.61. The van der Waals surface area contributed by atoms with Gasteiger partial charge < -0.3 is 20.7 Å². The minimum absolute atomic E-state index is 0.104. The van der Waals surface area contributed by atoms with Crippen molar-refractivity contribution in [3.8, 4) is 16.9 Å². The maximum absolute atomic E-state index is 14.6. The van der Waals surface area contributed by atoms with Crippen LogP contribution in [0.15, 0.2) is 149 Å². The molecule has 0 aliphatic carbocycles. The fourth-order valence-corrected chi connectivity index (χ4v) is 7.61. The molecular weight excluding hydrogens is 783 g/mol. The number of aryl methyl sites for hydroxylation is 1. The van der Waals surface area contributed by atoms with Crippen LogP contribution in [0.2, 0.25) is 0 Å². The Labute approximate surface area is 360 Å². The van der Waals surface area contributed by atoms with Crippen LogP contribution in [0.4, 0.5) is 0 Å². The summed E-state index contributed by atoms with van der Waals surface area (Å²) in [6.45, 7) is 0.129. The van der Waals surface area contributed by atoms with E-state index >= 15 is 0 Å². The summed E-state index contributed by atoms with van der Waals surface area (Å²) in [5.41, 5.74) is 5.94. The summed E-state index contributed by atoms with van der Waals surface area (Å²) in [4.78, 5) is 75.0. The van der Waals surface area contributed by atoms with Crippen LogP contribution in [0.5, 0.6) is 5.75 Å². The third-order valence-electron chi connectivity index (χ3n) is 11.1. The lowest BCUT2D eigenvalue weighted by Crippen LogP contribution is -2.54. The third kappa shape index (κ3) is 12.4. The normalized spacial score (nSPS) is 19.9. The molecule has 2 bridgehead atoms. The zero-order chi connectivity index (χ0) is 43.1. The molecule has 13 nitrogen and oxygen atoms in total. The summed E-state index contributed by atoms with van der Waals surface area (Å²) >= 11 is 0. The number of Topliss-reactive ketones (excluding diaryl/α,β-unsaturated/α-hetero) is 2. The molecule has 13 heteroatoms. The van der Waals surface area contributed by atoms with Gasteiger partial charge in [-0.2, -0.15) is 5.11 Å². The quantitative estimate of drug-likeness (QED) is 0.149. The van der Waals surface area contributed by atoms with E-state index < -0.39 is 35.7 Å². The van der Waals surface area contributed by atoms with E-state index in [0.717, 1.165) is 33.4 Å². The van der Waals surface area contributed by atoms with E-state index in [4.69, 9.17) is 4.74 Å². The Morgan fingerprint density at radius 2 is 1.35 bits per heavy atom. The van der Waals surface area contributed by atoms with E-state index in [2.05, 4.69) is 36.4 Å². The number of carbonyl (C=O) groups excluding carboxylic acids is 5. The van der Waals surface area contributed by atoms with Gasteiger partial charge in [0.25, 0.3) is 0 Å². The second-order valence-electron chi connectivity index (χ2n) is 15.7. The Morgan fingerprint density at radius 3 is 2.06 bits per heavy atom. The molecule has 0 unspecified atom stereocenters. The number of ketones is 2. The molecule has 5 aromatic rings. The highest BCUT2D eigenvalue weighted by Gasteiger charge is 2.33. The summed E-state index contributed by atoms with van der Waals surface area (Å²) in [6, 6.07) is 35.8. The highest BCUT2D eigenvalue weighted by Crippen LogP contribution is 2.23. The number of benzene rings is 4. The first-order chi connectivity index (χ1) is 30.3. The van der Waals surface area contributed by atoms with Crippen LogP contribution in [0.25, 0.3) is 11.1 Å². The number of nitrogens with one attached hydrogen (secondary N) is 3. The number of hydrogen-bond donors (Lipinski definition) is 3. The number of hydrogen-bond acceptors (Lipinski definition) is 10. The van der Waals surface area contributed by atoms with Crippen LogP contribution in [0.1, 0.15) is 41.5 Å². The van der Waals surface area contributed by atoms with Gasteiger partial charge in [0.2, 0.25) is 17.7 Å². The maximum Gasteiger partial charge on any atom is 0.243 e. The third-order valence-corrected chi connectivity index (χ3v) is 11.1. The number of pyridine rings is 1. The molecular formula is C49H49N7O6. The average molecular weight is 832 g/mol. The molecule has 4 heterocycles. The van der Waals surface area contributed by atoms with Crippen molar-refractivity contribution in [3.05, 3.63) is 156 Å². The monoisotopic (exact) mass is 831 g/mol. The van der Waals surface area contributed by atoms with Gasteiger partial charge >= 0.3 is 0 Å². The Bertz CT molecular complexity index is 2370. The number of fused-ring (bicyclic) bond motifs is 16. The topological polar surface area (TPSA) is 181 Å². The Balaban J connectivity index is 1.21. The minimum atomic E-state index is -1.12. The zero-order valence-electron chi connectivity index (χ0n) is 34.3. The van der Waals surface area contributed by atoms with Gasteiger partial charge in [-0.05, 0) is 88.6 Å². The molecule has 3 N–H and O–H groups in total. The predicted octanol–water partition coefficient (Wildman–Crippen LogP) is 5.86. The second-order valence-corrected chi connectivity index (χ2v) is 15.7. The number of aromatic nitrogens is 1. The summed E-state index contributed by atoms with van der Waals surface area (Å²) in [5, 5.41) is 20.3. The molecule has 0 fully saturated rings. The number of rotatable bonds is 11. The van der Waals surface area contributed by atoms with Crippen molar-refractivity contribution < 1.29 is 28.7 Å². The predicted molar refractivity (Wildman–Crippen MR) is 234 cm³/mol. The first-order valence-electron chi connectivity index (χ1n) is 20.9. The highest BCUT2D eigenvalue weighted by molar-refractivity contribution is 5.97. The van der Waals surface area contributed by atoms with Crippen LogP contribution in [-0.4, -0.2) is 71.8 Å². The molecule has 4 aromatic carbocycles. The fraction of sp³-hybridized carbons (Fsp3) is 0.286. The van der Waals surface area contributed by atoms with E-state index in [0.29, 0.717) is 17.9 Å². The minimum Gasteiger partial charge on any atom is -0.486 e. The van der Waals surface area contributed by atoms with Gasteiger partial charge in [-0.1, -0.05) is 97.1 Å². The molecule has 0 radical (unpaired) electrons. The van der Waals surface area contributed by atoms with Crippen LogP contribution in [-0.2, 0) is 49.7 Å². The number of amides is 3. The van der Waals surface area contributed by atoms with Crippen molar-refractivity contribution in [2.45, 2.75) is 57.0 Å². The number of ether oxygens (including phenoxy) is 1. The number of carbonyl (C=O) groups is 5. The zero-order valence-corrected chi connectivity index (χ0v) is 34.3. The highest BCUT2D eigenvalue weighted by atomic mass is 16.5. The molecule has 0 saturated carbocycles. The lowest BCUT2D eigenvalue weighted by atomic mass is 9.89. The van der Waals surface area contributed by atoms with E-state index in [-0.39, 0.29) is 75.7 Å². The SMILES string of the molecule is O=C1COc2ccc(cc2)C[C@@H](C(=O)NCC2=NN=NC2)CC(=O)[C@H](CCc2ccccc2)NC(=O)[C@@H](Cc2ccc(-c3ccccc3)cc2)NC(=O)[C@H](Cc2ccncc2)C1. The first kappa shape index (κ1) is 43.0. The van der Waals surface area contributed by atoms with Gasteiger partial charge in [-0.3, -0.25) is 29.0 Å². The van der Waals surface area contributed by atoms with E-state index in [9.17, 15) is 24.0 Å². The van der Waals surface area contributed by atoms with Crippen molar-refractivity contribution in [1.29, 1.82) is 0 Å². The van der Waals surface area contributed by atoms with E-state index in [1.165, 1.54) is 0 Å². The summed E-state index contributed by atoms with van der Waals surface area (Å²) in [5.74, 6) is -3.25. The lowest BCUT2D eigenvalue weighted by molar-refractivity contribution is -0.135. The van der Waals surface area contributed by atoms with Gasteiger partial charge in [-0.25, -0.2) is 0 Å². The molecule has 0 spiro atoms. The van der Waals surface area contributed by atoms with Crippen molar-refractivity contribution in [2.24, 2.45) is 27.3 Å². The molecule has 3 aliphatic rings. The molecule has 4 atom stereocenters. The standard InChI is InChI=1S/C49H49N7O6/c57-42-28-39(26-36-21-23-50-24-22-36)48(60)54-45(27-35-11-16-38(17-12-35)37-9-5-2-6-10-37)49(61)53-44(20-15-33-7-3-1-4-8-33)46(58)29-40(47(59)51-30-41-31-52-56-55-41)25-34-13-18-43(19-14-34)62-32-42/h1-14,16-19,21-24,39-40,44-45H,15,20,25-32H2,(H,51,59)(H,53,61)(H,54,60)/t39-,40-,44+,45-/m1/s1. The van der Waals surface area contributed by atoms with Gasteiger partial charge in [0.05, 0.1) is 18.3 Å². The molecule has 316 valence electrons. The van der Waals surface area contributed by atoms with Gasteiger partial charge in [0, 0.05) is 43.5 Å². The smallest absolute Gasteiger partial charge is 0.243 e. The van der Waals surface area contributed by atoms with Crippen LogP contribution in [0.3, 0.4) is 0 Å². The first-order valence-corrected chi connectivity index (χ1v) is 20.9. The summed E-state index contributed by atoms with van der Waals surface area (Å²) in [6.07, 6.45) is 4.18. The van der Waals surface area contributed by atoms with Gasteiger partial charge in [0.1, 0.15) is 24.9 Å².